The normalized spacial score (nSPS) is 14.1. The molecule has 5 nitrogen and oxygen atoms in total. The molecule has 1 saturated heterocycles. The summed E-state index contributed by atoms with van der Waals surface area (Å²) in [6, 6.07) is 12.1. The average molecular weight is 379 g/mol. The van der Waals surface area contributed by atoms with Crippen molar-refractivity contribution < 1.29 is 14.0 Å². The van der Waals surface area contributed by atoms with E-state index in [9.17, 15) is 14.0 Å². The number of hydrogen-bond donors (Lipinski definition) is 1. The van der Waals surface area contributed by atoms with E-state index in [0.717, 1.165) is 12.8 Å². The first kappa shape index (κ1) is 18.2. The third-order valence-corrected chi connectivity index (χ3v) is 5.31. The molecular weight excluding hydrogens is 357 g/mol. The van der Waals surface area contributed by atoms with E-state index >= 15 is 0 Å². The lowest BCUT2D eigenvalue weighted by Crippen LogP contribution is -2.27. The summed E-state index contributed by atoms with van der Waals surface area (Å²) in [6.45, 7) is 2.60. The van der Waals surface area contributed by atoms with Crippen LogP contribution >= 0.6 is 0 Å². The van der Waals surface area contributed by atoms with Gasteiger partial charge in [0, 0.05) is 31.1 Å². The molecule has 6 heteroatoms. The second-order valence-corrected chi connectivity index (χ2v) is 7.07. The van der Waals surface area contributed by atoms with Gasteiger partial charge in [-0.2, -0.15) is 0 Å². The number of aromatic nitrogens is 1. The Labute approximate surface area is 162 Å². The number of anilines is 2. The summed E-state index contributed by atoms with van der Waals surface area (Å²) in [5, 5.41) is 3.49. The number of amides is 2. The van der Waals surface area contributed by atoms with Crippen LogP contribution in [0.2, 0.25) is 0 Å². The Morgan fingerprint density at radius 2 is 1.93 bits per heavy atom. The minimum Gasteiger partial charge on any atom is -0.338 e. The van der Waals surface area contributed by atoms with Crippen LogP contribution in [-0.4, -0.2) is 22.9 Å². The summed E-state index contributed by atoms with van der Waals surface area (Å²) < 4.78 is 15.7. The number of carbonyl (C=O) groups excluding carboxylic acids is 2. The second-order valence-electron chi connectivity index (χ2n) is 7.07. The summed E-state index contributed by atoms with van der Waals surface area (Å²) in [7, 11) is 1.76. The molecule has 0 spiro atoms. The summed E-state index contributed by atoms with van der Waals surface area (Å²) in [5.41, 5.74) is 3.42. The molecule has 0 saturated carbocycles. The number of aryl methyl sites for hydroxylation is 2. The highest BCUT2D eigenvalue weighted by molar-refractivity contribution is 6.17. The largest absolute Gasteiger partial charge is 0.338 e. The first-order chi connectivity index (χ1) is 13.5. The zero-order valence-electron chi connectivity index (χ0n) is 16.0. The van der Waals surface area contributed by atoms with Gasteiger partial charge in [-0.25, -0.2) is 4.39 Å². The van der Waals surface area contributed by atoms with Gasteiger partial charge < -0.3 is 14.8 Å². The summed E-state index contributed by atoms with van der Waals surface area (Å²) in [4.78, 5) is 27.2. The molecule has 144 valence electrons. The van der Waals surface area contributed by atoms with Gasteiger partial charge in [0.25, 0.3) is 5.91 Å². The van der Waals surface area contributed by atoms with Crippen molar-refractivity contribution in [1.82, 2.24) is 4.57 Å². The van der Waals surface area contributed by atoms with Gasteiger partial charge in [0.1, 0.15) is 11.5 Å². The van der Waals surface area contributed by atoms with Crippen LogP contribution < -0.4 is 10.2 Å². The first-order valence-corrected chi connectivity index (χ1v) is 9.48. The van der Waals surface area contributed by atoms with E-state index in [4.69, 9.17) is 0 Å². The Morgan fingerprint density at radius 1 is 1.18 bits per heavy atom. The standard InChI is InChI=1S/C22H22FN3O2/c1-3-14-6-9-16(10-7-14)24-22(28)21-20(26-12-4-5-19(26)27)17-13-15(23)8-11-18(17)25(21)2/h6-11,13H,3-5,12H2,1-2H3,(H,24,28). The van der Waals surface area contributed by atoms with Crippen molar-refractivity contribution in [3.05, 3.63) is 59.5 Å². The highest BCUT2D eigenvalue weighted by Gasteiger charge is 2.31. The molecular formula is C22H22FN3O2. The Hall–Kier alpha value is -3.15. The van der Waals surface area contributed by atoms with Crippen molar-refractivity contribution >= 4 is 34.1 Å². The lowest BCUT2D eigenvalue weighted by Gasteiger charge is -2.18. The van der Waals surface area contributed by atoms with Crippen molar-refractivity contribution in [3.8, 4) is 0 Å². The van der Waals surface area contributed by atoms with Gasteiger partial charge in [0.15, 0.2) is 0 Å². The fraction of sp³-hybridized carbons (Fsp3) is 0.273. The monoisotopic (exact) mass is 379 g/mol. The molecule has 0 radical (unpaired) electrons. The Bertz CT molecular complexity index is 1070. The lowest BCUT2D eigenvalue weighted by molar-refractivity contribution is -0.117. The molecule has 3 aromatic rings. The fourth-order valence-corrected chi connectivity index (χ4v) is 3.83. The molecule has 2 heterocycles. The minimum absolute atomic E-state index is 0.0434. The molecule has 1 aliphatic heterocycles. The maximum Gasteiger partial charge on any atom is 0.274 e. The molecule has 1 N–H and O–H groups in total. The SMILES string of the molecule is CCc1ccc(NC(=O)c2c(N3CCCC3=O)c3cc(F)ccc3n2C)cc1. The molecule has 0 aliphatic carbocycles. The molecule has 28 heavy (non-hydrogen) atoms. The van der Waals surface area contributed by atoms with Gasteiger partial charge in [-0.15, -0.1) is 0 Å². The van der Waals surface area contributed by atoms with Gasteiger partial charge in [0.2, 0.25) is 5.91 Å². The molecule has 1 fully saturated rings. The average Bonchev–Trinajstić information content (AvgIpc) is 3.22. The molecule has 0 bridgehead atoms. The Balaban J connectivity index is 1.81. The third-order valence-electron chi connectivity index (χ3n) is 5.31. The predicted molar refractivity (Wildman–Crippen MR) is 108 cm³/mol. The van der Waals surface area contributed by atoms with Crippen molar-refractivity contribution in [1.29, 1.82) is 0 Å². The number of carbonyl (C=O) groups is 2. The molecule has 2 aromatic carbocycles. The summed E-state index contributed by atoms with van der Waals surface area (Å²) >= 11 is 0. The predicted octanol–water partition coefficient (Wildman–Crippen LogP) is 4.26. The fourth-order valence-electron chi connectivity index (χ4n) is 3.83. The molecule has 1 aromatic heterocycles. The first-order valence-electron chi connectivity index (χ1n) is 9.48. The Morgan fingerprint density at radius 3 is 2.57 bits per heavy atom. The van der Waals surface area contributed by atoms with Crippen molar-refractivity contribution in [2.24, 2.45) is 7.05 Å². The quantitative estimate of drug-likeness (QED) is 0.736. The van der Waals surface area contributed by atoms with Crippen LogP contribution in [0.5, 0.6) is 0 Å². The second kappa shape index (κ2) is 7.11. The molecule has 1 aliphatic rings. The van der Waals surface area contributed by atoms with Gasteiger partial charge in [-0.05, 0) is 48.7 Å². The van der Waals surface area contributed by atoms with E-state index in [1.54, 1.807) is 22.6 Å². The van der Waals surface area contributed by atoms with Gasteiger partial charge in [-0.1, -0.05) is 19.1 Å². The van der Waals surface area contributed by atoms with Gasteiger partial charge in [-0.3, -0.25) is 9.59 Å². The van der Waals surface area contributed by atoms with Crippen molar-refractivity contribution in [2.75, 3.05) is 16.8 Å². The molecule has 2 amide bonds. The van der Waals surface area contributed by atoms with Crippen LogP contribution in [0, 0.1) is 5.82 Å². The van der Waals surface area contributed by atoms with Crippen LogP contribution in [0.4, 0.5) is 15.8 Å². The van der Waals surface area contributed by atoms with Crippen LogP contribution in [0.25, 0.3) is 10.9 Å². The van der Waals surface area contributed by atoms with E-state index in [1.165, 1.54) is 17.7 Å². The number of fused-ring (bicyclic) bond motifs is 1. The van der Waals surface area contributed by atoms with Crippen molar-refractivity contribution in [2.45, 2.75) is 26.2 Å². The zero-order valence-corrected chi connectivity index (χ0v) is 16.0. The van der Waals surface area contributed by atoms with Crippen LogP contribution in [0.3, 0.4) is 0 Å². The molecule has 0 atom stereocenters. The topological polar surface area (TPSA) is 54.3 Å². The minimum atomic E-state index is -0.395. The summed E-state index contributed by atoms with van der Waals surface area (Å²) in [5.74, 6) is -0.760. The number of hydrogen-bond acceptors (Lipinski definition) is 2. The highest BCUT2D eigenvalue weighted by atomic mass is 19.1. The smallest absolute Gasteiger partial charge is 0.274 e. The lowest BCUT2D eigenvalue weighted by atomic mass is 10.1. The van der Waals surface area contributed by atoms with E-state index in [2.05, 4.69) is 12.2 Å². The van der Waals surface area contributed by atoms with E-state index in [1.807, 2.05) is 24.3 Å². The number of benzene rings is 2. The Kier molecular flexibility index (Phi) is 4.63. The maximum absolute atomic E-state index is 13.9. The number of halogens is 1. The number of rotatable bonds is 4. The van der Waals surface area contributed by atoms with Crippen LogP contribution in [0.15, 0.2) is 42.5 Å². The maximum atomic E-state index is 13.9. The third kappa shape index (κ3) is 3.05. The molecule has 0 unspecified atom stereocenters. The van der Waals surface area contributed by atoms with Gasteiger partial charge >= 0.3 is 0 Å². The van der Waals surface area contributed by atoms with Gasteiger partial charge in [0.05, 0.1) is 11.2 Å². The zero-order chi connectivity index (χ0) is 19.8. The van der Waals surface area contributed by atoms with E-state index in [0.29, 0.717) is 40.9 Å². The molecule has 4 rings (SSSR count). The number of nitrogens with one attached hydrogen (secondary N) is 1. The number of nitrogens with zero attached hydrogens (tertiary/aromatic N) is 2. The van der Waals surface area contributed by atoms with E-state index in [-0.39, 0.29) is 11.8 Å². The van der Waals surface area contributed by atoms with Crippen LogP contribution in [0.1, 0.15) is 35.8 Å². The summed E-state index contributed by atoms with van der Waals surface area (Å²) in [6.07, 6.45) is 2.08. The van der Waals surface area contributed by atoms with E-state index < -0.39 is 5.82 Å². The van der Waals surface area contributed by atoms with Crippen molar-refractivity contribution in [3.63, 3.8) is 0 Å². The highest BCUT2D eigenvalue weighted by Crippen LogP contribution is 2.36. The van der Waals surface area contributed by atoms with Crippen LogP contribution in [-0.2, 0) is 18.3 Å².